The molecule has 9 nitrogen and oxygen atoms in total. The van der Waals surface area contributed by atoms with Gasteiger partial charge in [-0.1, -0.05) is 0 Å². The van der Waals surface area contributed by atoms with Crippen molar-refractivity contribution in [1.29, 1.82) is 0 Å². The molecule has 0 unspecified atom stereocenters. The highest BCUT2D eigenvalue weighted by atomic mass is 32.1. The first-order chi connectivity index (χ1) is 12.6. The molecule has 0 aliphatic rings. The van der Waals surface area contributed by atoms with E-state index in [1.165, 1.54) is 30.6 Å². The molecule has 1 aromatic carbocycles. The molecule has 0 saturated carbocycles. The van der Waals surface area contributed by atoms with E-state index in [4.69, 9.17) is 4.74 Å². The zero-order valence-corrected chi connectivity index (χ0v) is 14.5. The number of aromatic nitrogens is 3. The van der Waals surface area contributed by atoms with Crippen molar-refractivity contribution in [3.05, 3.63) is 58.0 Å². The van der Waals surface area contributed by atoms with E-state index in [0.717, 1.165) is 11.3 Å². The number of carbonyl (C=O) groups is 1. The number of thiazole rings is 1. The van der Waals surface area contributed by atoms with Crippen molar-refractivity contribution >= 4 is 28.1 Å². The summed E-state index contributed by atoms with van der Waals surface area (Å²) >= 11 is 1.33. The van der Waals surface area contributed by atoms with Crippen molar-refractivity contribution in [2.75, 3.05) is 12.4 Å². The molecule has 1 atom stereocenters. The van der Waals surface area contributed by atoms with Gasteiger partial charge in [0.15, 0.2) is 5.13 Å². The normalized spacial score (nSPS) is 11.7. The highest BCUT2D eigenvalue weighted by Crippen LogP contribution is 2.27. The molecule has 3 aromatic rings. The van der Waals surface area contributed by atoms with Crippen LogP contribution >= 0.6 is 11.3 Å². The second kappa shape index (κ2) is 7.74. The third-order valence-corrected chi connectivity index (χ3v) is 4.41. The van der Waals surface area contributed by atoms with Crippen LogP contribution in [0.4, 0.5) is 10.8 Å². The number of nitro groups is 1. The quantitative estimate of drug-likeness (QED) is 0.371. The van der Waals surface area contributed by atoms with Crippen LogP contribution < -0.4 is 5.32 Å². The van der Waals surface area contributed by atoms with Gasteiger partial charge in [0.2, 0.25) is 0 Å². The average Bonchev–Trinajstić information content (AvgIpc) is 3.32. The van der Waals surface area contributed by atoms with Crippen LogP contribution in [0.15, 0.2) is 42.2 Å². The van der Waals surface area contributed by atoms with Gasteiger partial charge in [0.05, 0.1) is 24.1 Å². The summed E-state index contributed by atoms with van der Waals surface area (Å²) in [5, 5.41) is 16.2. The minimum Gasteiger partial charge on any atom is -0.467 e. The number of esters is 1. The lowest BCUT2D eigenvalue weighted by molar-refractivity contribution is -0.384. The van der Waals surface area contributed by atoms with Gasteiger partial charge in [-0.2, -0.15) is 0 Å². The lowest BCUT2D eigenvalue weighted by atomic mass is 10.1. The van der Waals surface area contributed by atoms with E-state index in [2.05, 4.69) is 20.3 Å². The van der Waals surface area contributed by atoms with E-state index in [1.807, 2.05) is 5.38 Å². The first kappa shape index (κ1) is 17.5. The summed E-state index contributed by atoms with van der Waals surface area (Å²) in [7, 11) is 1.33. The monoisotopic (exact) mass is 373 g/mol. The topological polar surface area (TPSA) is 123 Å². The van der Waals surface area contributed by atoms with Gasteiger partial charge in [0.25, 0.3) is 5.69 Å². The Hall–Kier alpha value is -3.27. The molecule has 0 amide bonds. The van der Waals surface area contributed by atoms with Crippen LogP contribution in [0.3, 0.4) is 0 Å². The Morgan fingerprint density at radius 2 is 2.19 bits per heavy atom. The third kappa shape index (κ3) is 4.03. The number of benzene rings is 1. The van der Waals surface area contributed by atoms with Crippen LogP contribution in [0.25, 0.3) is 11.3 Å². The minimum absolute atomic E-state index is 0.0210. The summed E-state index contributed by atoms with van der Waals surface area (Å²) in [6.07, 6.45) is 3.56. The standard InChI is InChI=1S/C16H15N5O4S/c1-25-15(22)13(6-11-7-17-9-18-11)19-16-20-14(8-26-16)10-2-4-12(5-3-10)21(23)24/h2-5,7-9,13H,6H2,1H3,(H,17,18)(H,19,20)/t13-/m0/s1. The summed E-state index contributed by atoms with van der Waals surface area (Å²) < 4.78 is 4.84. The molecule has 3 rings (SSSR count). The van der Waals surface area contributed by atoms with Crippen LogP contribution in [0.1, 0.15) is 5.69 Å². The van der Waals surface area contributed by atoms with Crippen molar-refractivity contribution < 1.29 is 14.5 Å². The minimum atomic E-state index is -0.615. The number of hydrogen-bond donors (Lipinski definition) is 2. The number of carbonyl (C=O) groups excluding carboxylic acids is 1. The molecule has 0 fully saturated rings. The lowest BCUT2D eigenvalue weighted by Gasteiger charge is -2.14. The summed E-state index contributed by atoms with van der Waals surface area (Å²) in [5.41, 5.74) is 2.23. The van der Waals surface area contributed by atoms with Gasteiger partial charge in [-0.25, -0.2) is 14.8 Å². The molecule has 0 aliphatic heterocycles. The summed E-state index contributed by atoms with van der Waals surface area (Å²) in [5.74, 6) is -0.410. The number of nitrogens with one attached hydrogen (secondary N) is 2. The number of rotatable bonds is 7. The fraction of sp³-hybridized carbons (Fsp3) is 0.188. The second-order valence-electron chi connectivity index (χ2n) is 5.34. The van der Waals surface area contributed by atoms with Crippen LogP contribution in [0.2, 0.25) is 0 Å². The fourth-order valence-corrected chi connectivity index (χ4v) is 3.10. The Kier molecular flexibility index (Phi) is 5.23. The number of aromatic amines is 1. The lowest BCUT2D eigenvalue weighted by Crippen LogP contribution is -2.32. The molecule has 2 aromatic heterocycles. The van der Waals surface area contributed by atoms with Crippen LogP contribution in [0.5, 0.6) is 0 Å². The van der Waals surface area contributed by atoms with Gasteiger partial charge >= 0.3 is 5.97 Å². The average molecular weight is 373 g/mol. The van der Waals surface area contributed by atoms with E-state index < -0.39 is 16.9 Å². The molecule has 0 saturated heterocycles. The Labute approximate surface area is 152 Å². The van der Waals surface area contributed by atoms with E-state index in [1.54, 1.807) is 24.7 Å². The highest BCUT2D eigenvalue weighted by molar-refractivity contribution is 7.14. The van der Waals surface area contributed by atoms with E-state index in [-0.39, 0.29) is 5.69 Å². The Balaban J connectivity index is 1.74. The summed E-state index contributed by atoms with van der Waals surface area (Å²) in [6, 6.07) is 5.52. The molecule has 0 radical (unpaired) electrons. The SMILES string of the molecule is COC(=O)[C@H](Cc1cnc[nH]1)Nc1nc(-c2ccc([N+](=O)[O-])cc2)cs1. The number of imidazole rings is 1. The van der Waals surface area contributed by atoms with Gasteiger partial charge in [0.1, 0.15) is 6.04 Å². The molecule has 2 heterocycles. The molecule has 0 bridgehead atoms. The maximum absolute atomic E-state index is 12.0. The predicted molar refractivity (Wildman–Crippen MR) is 95.9 cm³/mol. The zero-order chi connectivity index (χ0) is 18.5. The maximum atomic E-state index is 12.0. The van der Waals surface area contributed by atoms with Crippen molar-refractivity contribution in [1.82, 2.24) is 15.0 Å². The number of H-pyrrole nitrogens is 1. The molecule has 0 spiro atoms. The number of nitro benzene ring substituents is 1. The van der Waals surface area contributed by atoms with Crippen molar-refractivity contribution in [3.8, 4) is 11.3 Å². The van der Waals surface area contributed by atoms with Crippen LogP contribution in [0, 0.1) is 10.1 Å². The third-order valence-electron chi connectivity index (χ3n) is 3.64. The van der Waals surface area contributed by atoms with Gasteiger partial charge in [-0.15, -0.1) is 11.3 Å². The van der Waals surface area contributed by atoms with Gasteiger partial charge in [-0.05, 0) is 12.1 Å². The molecule has 0 aliphatic carbocycles. The Bertz CT molecular complexity index is 892. The largest absolute Gasteiger partial charge is 0.467 e. The molecule has 134 valence electrons. The van der Waals surface area contributed by atoms with E-state index in [0.29, 0.717) is 17.2 Å². The number of methoxy groups -OCH3 is 1. The zero-order valence-electron chi connectivity index (χ0n) is 13.7. The van der Waals surface area contributed by atoms with Gasteiger partial charge in [-0.3, -0.25) is 10.1 Å². The Morgan fingerprint density at radius 1 is 1.42 bits per heavy atom. The van der Waals surface area contributed by atoms with E-state index >= 15 is 0 Å². The Morgan fingerprint density at radius 3 is 2.81 bits per heavy atom. The number of hydrogen-bond acceptors (Lipinski definition) is 8. The van der Waals surface area contributed by atoms with Crippen molar-refractivity contribution in [2.45, 2.75) is 12.5 Å². The maximum Gasteiger partial charge on any atom is 0.328 e. The van der Waals surface area contributed by atoms with Crippen molar-refractivity contribution in [2.24, 2.45) is 0 Å². The van der Waals surface area contributed by atoms with Crippen molar-refractivity contribution in [3.63, 3.8) is 0 Å². The number of non-ortho nitro benzene ring substituents is 1. The highest BCUT2D eigenvalue weighted by Gasteiger charge is 2.21. The van der Waals surface area contributed by atoms with Gasteiger partial charge < -0.3 is 15.0 Å². The number of anilines is 1. The second-order valence-corrected chi connectivity index (χ2v) is 6.20. The molecule has 26 heavy (non-hydrogen) atoms. The molecule has 10 heteroatoms. The predicted octanol–water partition coefficient (Wildman–Crippen LogP) is 2.64. The molecule has 2 N–H and O–H groups in total. The molecular formula is C16H15N5O4S. The fourth-order valence-electron chi connectivity index (χ4n) is 2.33. The number of ether oxygens (including phenoxy) is 1. The number of nitrogens with zero attached hydrogens (tertiary/aromatic N) is 3. The van der Waals surface area contributed by atoms with E-state index in [9.17, 15) is 14.9 Å². The van der Waals surface area contributed by atoms with Crippen LogP contribution in [-0.4, -0.2) is 39.0 Å². The van der Waals surface area contributed by atoms with Crippen LogP contribution in [-0.2, 0) is 16.0 Å². The van der Waals surface area contributed by atoms with Gasteiger partial charge in [0, 0.05) is 41.4 Å². The summed E-state index contributed by atoms with van der Waals surface area (Å²) in [6.45, 7) is 0. The summed E-state index contributed by atoms with van der Waals surface area (Å²) in [4.78, 5) is 33.6. The smallest absolute Gasteiger partial charge is 0.328 e. The first-order valence-corrected chi connectivity index (χ1v) is 8.46. The first-order valence-electron chi connectivity index (χ1n) is 7.59. The molecular weight excluding hydrogens is 358 g/mol.